The summed E-state index contributed by atoms with van der Waals surface area (Å²) in [5, 5.41) is 16.6. The number of aromatic nitrogens is 4. The molecule has 1 unspecified atom stereocenters. The molecule has 0 spiro atoms. The van der Waals surface area contributed by atoms with Crippen molar-refractivity contribution in [3.8, 4) is 0 Å². The second-order valence-corrected chi connectivity index (χ2v) is 9.24. The van der Waals surface area contributed by atoms with Crippen LogP contribution in [0.4, 0.5) is 17.5 Å². The largest absolute Gasteiger partial charge is 0.398 e. The number of aliphatic hydroxyl groups excluding tert-OH is 1. The number of nitrogens with two attached hydrogens (primary N) is 1. The number of benzene rings is 1. The van der Waals surface area contributed by atoms with E-state index in [0.717, 1.165) is 40.8 Å². The van der Waals surface area contributed by atoms with Crippen LogP contribution in [0, 0.1) is 12.8 Å². The zero-order chi connectivity index (χ0) is 22.7. The maximum Gasteiger partial charge on any atom is 0.227 e. The van der Waals surface area contributed by atoms with Crippen molar-refractivity contribution in [2.75, 3.05) is 23.0 Å². The normalized spacial score (nSPS) is 15.9. The van der Waals surface area contributed by atoms with E-state index in [0.29, 0.717) is 24.4 Å². The Hall–Kier alpha value is -2.87. The molecule has 32 heavy (non-hydrogen) atoms. The van der Waals surface area contributed by atoms with Crippen molar-refractivity contribution in [1.82, 2.24) is 19.5 Å². The number of imidazole rings is 1. The van der Waals surface area contributed by atoms with Gasteiger partial charge in [-0.2, -0.15) is 9.97 Å². The van der Waals surface area contributed by atoms with Crippen molar-refractivity contribution < 1.29 is 5.11 Å². The van der Waals surface area contributed by atoms with Gasteiger partial charge in [-0.15, -0.1) is 0 Å². The highest BCUT2D eigenvalue weighted by atomic mass is 16.3. The maximum atomic E-state index is 9.80. The molecule has 0 saturated heterocycles. The number of nitrogens with one attached hydrogen (secondary N) is 2. The molecule has 0 radical (unpaired) electrons. The summed E-state index contributed by atoms with van der Waals surface area (Å²) in [6.07, 6.45) is 7.95. The molecule has 1 atom stereocenters. The first-order valence-corrected chi connectivity index (χ1v) is 11.7. The van der Waals surface area contributed by atoms with Gasteiger partial charge in [0, 0.05) is 18.3 Å². The first kappa shape index (κ1) is 22.3. The molecule has 4 rings (SSSR count). The standard InChI is InChI=1S/C24H35N7O/c1-15(2)20(13-32)28-24-29-22(26-12-17-10-9-16(3)11-19(17)25)21-23(30-24)31(14-27-21)18-7-5-4-6-8-18/h9-11,14-15,18,20,32H,4-8,12-13,25H2,1-3H3,(H2,26,28,29,30). The smallest absolute Gasteiger partial charge is 0.227 e. The van der Waals surface area contributed by atoms with E-state index in [2.05, 4.69) is 40.1 Å². The summed E-state index contributed by atoms with van der Waals surface area (Å²) < 4.78 is 2.20. The van der Waals surface area contributed by atoms with Gasteiger partial charge in [0.25, 0.3) is 0 Å². The fourth-order valence-electron chi connectivity index (χ4n) is 4.37. The summed E-state index contributed by atoms with van der Waals surface area (Å²) in [5.41, 5.74) is 10.7. The van der Waals surface area contributed by atoms with Crippen LogP contribution in [0.25, 0.3) is 11.2 Å². The minimum absolute atomic E-state index is 0.0175. The number of aryl methyl sites for hydroxylation is 1. The Morgan fingerprint density at radius 1 is 1.19 bits per heavy atom. The van der Waals surface area contributed by atoms with E-state index in [1.54, 1.807) is 0 Å². The zero-order valence-electron chi connectivity index (χ0n) is 19.3. The number of rotatable bonds is 8. The van der Waals surface area contributed by atoms with E-state index in [-0.39, 0.29) is 18.6 Å². The second-order valence-electron chi connectivity index (χ2n) is 9.24. The van der Waals surface area contributed by atoms with E-state index in [4.69, 9.17) is 15.7 Å². The average Bonchev–Trinajstić information content (AvgIpc) is 3.21. The molecule has 8 heteroatoms. The van der Waals surface area contributed by atoms with Gasteiger partial charge in [0.2, 0.25) is 5.95 Å². The van der Waals surface area contributed by atoms with Gasteiger partial charge >= 0.3 is 0 Å². The summed E-state index contributed by atoms with van der Waals surface area (Å²) in [4.78, 5) is 14.2. The fraction of sp³-hybridized carbons (Fsp3) is 0.542. The van der Waals surface area contributed by atoms with E-state index in [9.17, 15) is 5.11 Å². The lowest BCUT2D eigenvalue weighted by Crippen LogP contribution is -2.30. The molecule has 2 aromatic heterocycles. The Balaban J connectivity index is 1.69. The molecule has 3 aromatic rings. The highest BCUT2D eigenvalue weighted by Gasteiger charge is 2.22. The van der Waals surface area contributed by atoms with Crippen molar-refractivity contribution >= 4 is 28.6 Å². The summed E-state index contributed by atoms with van der Waals surface area (Å²) in [6.45, 7) is 6.73. The number of anilines is 3. The Morgan fingerprint density at radius 2 is 1.97 bits per heavy atom. The quantitative estimate of drug-likeness (QED) is 0.389. The lowest BCUT2D eigenvalue weighted by molar-refractivity contribution is 0.248. The third-order valence-corrected chi connectivity index (χ3v) is 6.45. The number of nitrogen functional groups attached to an aromatic ring is 1. The van der Waals surface area contributed by atoms with E-state index in [1.165, 1.54) is 19.3 Å². The van der Waals surface area contributed by atoms with Gasteiger partial charge in [-0.1, -0.05) is 45.2 Å². The Bertz CT molecular complexity index is 1060. The third kappa shape index (κ3) is 4.80. The van der Waals surface area contributed by atoms with Crippen LogP contribution < -0.4 is 16.4 Å². The van der Waals surface area contributed by atoms with Crippen molar-refractivity contribution in [2.24, 2.45) is 5.92 Å². The van der Waals surface area contributed by atoms with Gasteiger partial charge < -0.3 is 26.0 Å². The molecular formula is C24H35N7O. The van der Waals surface area contributed by atoms with Crippen molar-refractivity contribution in [1.29, 1.82) is 0 Å². The van der Waals surface area contributed by atoms with Gasteiger partial charge in [-0.3, -0.25) is 0 Å². The lowest BCUT2D eigenvalue weighted by atomic mass is 9.95. The van der Waals surface area contributed by atoms with Gasteiger partial charge in [0.1, 0.15) is 0 Å². The van der Waals surface area contributed by atoms with Gasteiger partial charge in [-0.05, 0) is 42.9 Å². The SMILES string of the molecule is Cc1ccc(CNc2nc(NC(CO)C(C)C)nc3c2ncn3C2CCCCC2)c(N)c1. The zero-order valence-corrected chi connectivity index (χ0v) is 19.3. The van der Waals surface area contributed by atoms with Gasteiger partial charge in [0.15, 0.2) is 17.0 Å². The first-order chi connectivity index (χ1) is 15.5. The third-order valence-electron chi connectivity index (χ3n) is 6.45. The predicted octanol–water partition coefficient (Wildman–Crippen LogP) is 4.26. The van der Waals surface area contributed by atoms with Crippen LogP contribution in [-0.2, 0) is 6.54 Å². The topological polar surface area (TPSA) is 114 Å². The molecule has 1 aromatic carbocycles. The molecule has 0 aliphatic heterocycles. The molecule has 1 saturated carbocycles. The van der Waals surface area contributed by atoms with Crippen LogP contribution >= 0.6 is 0 Å². The number of hydrogen-bond acceptors (Lipinski definition) is 7. The molecule has 5 N–H and O–H groups in total. The monoisotopic (exact) mass is 437 g/mol. The van der Waals surface area contributed by atoms with Crippen molar-refractivity contribution in [2.45, 2.75) is 71.5 Å². The number of fused-ring (bicyclic) bond motifs is 1. The number of nitrogens with zero attached hydrogens (tertiary/aromatic N) is 4. The van der Waals surface area contributed by atoms with Crippen LogP contribution in [0.2, 0.25) is 0 Å². The summed E-state index contributed by atoms with van der Waals surface area (Å²) >= 11 is 0. The molecule has 8 nitrogen and oxygen atoms in total. The molecule has 1 fully saturated rings. The summed E-state index contributed by atoms with van der Waals surface area (Å²) in [6, 6.07) is 6.36. The summed E-state index contributed by atoms with van der Waals surface area (Å²) in [5.74, 6) is 1.42. The van der Waals surface area contributed by atoms with Crippen LogP contribution in [-0.4, -0.2) is 37.3 Å². The lowest BCUT2D eigenvalue weighted by Gasteiger charge is -2.24. The van der Waals surface area contributed by atoms with E-state index >= 15 is 0 Å². The number of hydrogen-bond donors (Lipinski definition) is 4. The molecule has 1 aliphatic rings. The highest BCUT2D eigenvalue weighted by molar-refractivity contribution is 5.84. The minimum Gasteiger partial charge on any atom is -0.398 e. The van der Waals surface area contributed by atoms with Gasteiger partial charge in [0.05, 0.1) is 19.0 Å². The summed E-state index contributed by atoms with van der Waals surface area (Å²) in [7, 11) is 0. The first-order valence-electron chi connectivity index (χ1n) is 11.7. The molecule has 2 heterocycles. The predicted molar refractivity (Wildman–Crippen MR) is 130 cm³/mol. The highest BCUT2D eigenvalue weighted by Crippen LogP contribution is 2.32. The van der Waals surface area contributed by atoms with Crippen LogP contribution in [0.15, 0.2) is 24.5 Å². The van der Waals surface area contributed by atoms with E-state index < -0.39 is 0 Å². The minimum atomic E-state index is -0.126. The molecular weight excluding hydrogens is 402 g/mol. The van der Waals surface area contributed by atoms with Crippen LogP contribution in [0.1, 0.15) is 63.1 Å². The second kappa shape index (κ2) is 9.73. The molecule has 1 aliphatic carbocycles. The Labute approximate surface area is 189 Å². The van der Waals surface area contributed by atoms with Crippen molar-refractivity contribution in [3.63, 3.8) is 0 Å². The molecule has 172 valence electrons. The van der Waals surface area contributed by atoms with Crippen LogP contribution in [0.5, 0.6) is 0 Å². The molecule has 0 bridgehead atoms. The maximum absolute atomic E-state index is 9.80. The van der Waals surface area contributed by atoms with Crippen molar-refractivity contribution in [3.05, 3.63) is 35.7 Å². The van der Waals surface area contributed by atoms with Crippen LogP contribution in [0.3, 0.4) is 0 Å². The van der Waals surface area contributed by atoms with E-state index in [1.807, 2.05) is 25.4 Å². The fourth-order valence-corrected chi connectivity index (χ4v) is 4.37. The Morgan fingerprint density at radius 3 is 2.66 bits per heavy atom. The average molecular weight is 438 g/mol. The van der Waals surface area contributed by atoms with Gasteiger partial charge in [-0.25, -0.2) is 4.98 Å². The molecule has 0 amide bonds. The Kier molecular flexibility index (Phi) is 6.79. The number of aliphatic hydroxyl groups is 1.